The summed E-state index contributed by atoms with van der Waals surface area (Å²) in [6.45, 7) is 7.25. The maximum atomic E-state index is 5.06. The molecule has 0 aromatic heterocycles. The van der Waals surface area contributed by atoms with Crippen LogP contribution in [0.1, 0.15) is 20.8 Å². The largest absolute Gasteiger partial charge is 0.353 e. The summed E-state index contributed by atoms with van der Waals surface area (Å²) in [6, 6.07) is 26.4. The van der Waals surface area contributed by atoms with Crippen molar-refractivity contribution in [1.82, 2.24) is 0 Å². The van der Waals surface area contributed by atoms with Crippen LogP contribution >= 0.6 is 0 Å². The first-order chi connectivity index (χ1) is 13.7. The fourth-order valence-corrected chi connectivity index (χ4v) is 4.10. The summed E-state index contributed by atoms with van der Waals surface area (Å²) in [6.07, 6.45) is -0.0370. The van der Waals surface area contributed by atoms with Crippen LogP contribution in [0.25, 0.3) is 43.1 Å². The third kappa shape index (κ3) is 3.30. The predicted molar refractivity (Wildman–Crippen MR) is 120 cm³/mol. The zero-order valence-corrected chi connectivity index (χ0v) is 16.7. The first-order valence-electron chi connectivity index (χ1n) is 10.0. The van der Waals surface area contributed by atoms with Gasteiger partial charge in [0.25, 0.3) is 0 Å². The summed E-state index contributed by atoms with van der Waals surface area (Å²) in [5.74, 6) is 0. The molecule has 2 nitrogen and oxygen atoms in total. The number of fused-ring (bicyclic) bond motifs is 2. The fraction of sp³-hybridized carbons (Fsp3) is 0.231. The normalized spacial score (nSPS) is 11.6. The van der Waals surface area contributed by atoms with Crippen molar-refractivity contribution in [3.05, 3.63) is 72.8 Å². The highest BCUT2D eigenvalue weighted by Crippen LogP contribution is 2.39. The number of benzene rings is 5. The number of ether oxygens (including phenoxy) is 2. The van der Waals surface area contributed by atoms with Crippen molar-refractivity contribution in [3.8, 4) is 0 Å². The SMILES string of the molecule is CCOC(C)OCC.c1cc2cccc3c4cccc5cccc(c(c1)c23)c54. The molecule has 2 heteroatoms. The second kappa shape index (κ2) is 8.14. The highest BCUT2D eigenvalue weighted by molar-refractivity contribution is 6.32. The number of rotatable bonds is 4. The van der Waals surface area contributed by atoms with Gasteiger partial charge in [0.2, 0.25) is 0 Å². The van der Waals surface area contributed by atoms with Gasteiger partial charge in [-0.1, -0.05) is 72.8 Å². The van der Waals surface area contributed by atoms with Crippen LogP contribution in [0, 0.1) is 0 Å². The average Bonchev–Trinajstić information content (AvgIpc) is 2.72. The molecule has 0 aliphatic carbocycles. The lowest BCUT2D eigenvalue weighted by atomic mass is 9.90. The summed E-state index contributed by atoms with van der Waals surface area (Å²) in [5, 5.41) is 10.9. The molecule has 0 bridgehead atoms. The second-order valence-corrected chi connectivity index (χ2v) is 6.90. The standard InChI is InChI=1S/C20H12.C6H14O2/c1-5-13-6-2-11-17-18-12-4-8-14-7-3-10-16(20(14)18)15(9-1)19(13)17;1-4-7-6(3)8-5-2/h1-12H;6H,4-5H2,1-3H3. The molecule has 5 aromatic rings. The van der Waals surface area contributed by atoms with Gasteiger partial charge in [-0.05, 0) is 63.9 Å². The third-order valence-electron chi connectivity index (χ3n) is 5.19. The minimum absolute atomic E-state index is 0.0370. The Kier molecular flexibility index (Phi) is 5.43. The van der Waals surface area contributed by atoms with Gasteiger partial charge in [-0.3, -0.25) is 0 Å². The molecule has 0 heterocycles. The van der Waals surface area contributed by atoms with Gasteiger partial charge in [-0.2, -0.15) is 0 Å². The summed E-state index contributed by atoms with van der Waals surface area (Å²) in [5.41, 5.74) is 0. The van der Waals surface area contributed by atoms with E-state index < -0.39 is 0 Å². The topological polar surface area (TPSA) is 18.5 Å². The van der Waals surface area contributed by atoms with Crippen LogP contribution < -0.4 is 0 Å². The quantitative estimate of drug-likeness (QED) is 0.190. The molecule has 0 spiro atoms. The molecule has 0 fully saturated rings. The Balaban J connectivity index is 0.000000208. The highest BCUT2D eigenvalue weighted by atomic mass is 16.7. The minimum atomic E-state index is -0.0370. The Bertz CT molecular complexity index is 1030. The van der Waals surface area contributed by atoms with Gasteiger partial charge >= 0.3 is 0 Å². The molecule has 0 unspecified atom stereocenters. The van der Waals surface area contributed by atoms with Crippen LogP contribution in [-0.4, -0.2) is 19.5 Å². The minimum Gasteiger partial charge on any atom is -0.353 e. The smallest absolute Gasteiger partial charge is 0.154 e. The first-order valence-corrected chi connectivity index (χ1v) is 10.0. The van der Waals surface area contributed by atoms with Crippen molar-refractivity contribution < 1.29 is 9.47 Å². The maximum Gasteiger partial charge on any atom is 0.154 e. The Hall–Kier alpha value is -2.68. The van der Waals surface area contributed by atoms with Gasteiger partial charge in [-0.15, -0.1) is 0 Å². The Morgan fingerprint density at radius 3 is 1.18 bits per heavy atom. The molecule has 5 aromatic carbocycles. The van der Waals surface area contributed by atoms with Crippen molar-refractivity contribution in [3.63, 3.8) is 0 Å². The summed E-state index contributed by atoms with van der Waals surface area (Å²) in [7, 11) is 0. The van der Waals surface area contributed by atoms with Gasteiger partial charge < -0.3 is 9.47 Å². The van der Waals surface area contributed by atoms with E-state index in [0.29, 0.717) is 0 Å². The van der Waals surface area contributed by atoms with Crippen LogP contribution in [0.4, 0.5) is 0 Å². The summed E-state index contributed by atoms with van der Waals surface area (Å²) < 4.78 is 10.1. The van der Waals surface area contributed by atoms with Gasteiger partial charge in [0.15, 0.2) is 6.29 Å². The molecule has 0 aliphatic heterocycles. The van der Waals surface area contributed by atoms with Crippen molar-refractivity contribution in [2.45, 2.75) is 27.1 Å². The van der Waals surface area contributed by atoms with Crippen LogP contribution in [0.3, 0.4) is 0 Å². The molecule has 0 N–H and O–H groups in total. The Morgan fingerprint density at radius 1 is 0.571 bits per heavy atom. The lowest BCUT2D eigenvalue weighted by Gasteiger charge is -2.13. The monoisotopic (exact) mass is 370 g/mol. The van der Waals surface area contributed by atoms with E-state index in [4.69, 9.17) is 9.47 Å². The van der Waals surface area contributed by atoms with Gasteiger partial charge in [-0.25, -0.2) is 0 Å². The molecular formula is C26H26O2. The van der Waals surface area contributed by atoms with Crippen LogP contribution in [0.2, 0.25) is 0 Å². The van der Waals surface area contributed by atoms with Crippen LogP contribution in [-0.2, 0) is 9.47 Å². The fourth-order valence-electron chi connectivity index (χ4n) is 4.10. The van der Waals surface area contributed by atoms with E-state index in [-0.39, 0.29) is 6.29 Å². The van der Waals surface area contributed by atoms with Crippen LogP contribution in [0.5, 0.6) is 0 Å². The summed E-state index contributed by atoms with van der Waals surface area (Å²) >= 11 is 0. The molecule has 142 valence electrons. The maximum absolute atomic E-state index is 5.06. The van der Waals surface area contributed by atoms with Gasteiger partial charge in [0.1, 0.15) is 0 Å². The number of hydrogen-bond acceptors (Lipinski definition) is 2. The second-order valence-electron chi connectivity index (χ2n) is 6.90. The van der Waals surface area contributed by atoms with E-state index in [9.17, 15) is 0 Å². The Labute approximate surface area is 166 Å². The Morgan fingerprint density at radius 2 is 0.893 bits per heavy atom. The first kappa shape index (κ1) is 18.7. The average molecular weight is 370 g/mol. The lowest BCUT2D eigenvalue weighted by molar-refractivity contribution is -0.123. The predicted octanol–water partition coefficient (Wildman–Crippen LogP) is 7.14. The zero-order valence-electron chi connectivity index (χ0n) is 16.7. The molecule has 0 amide bonds. The highest BCUT2D eigenvalue weighted by Gasteiger charge is 2.11. The van der Waals surface area contributed by atoms with E-state index in [1.807, 2.05) is 20.8 Å². The van der Waals surface area contributed by atoms with E-state index in [1.54, 1.807) is 0 Å². The van der Waals surface area contributed by atoms with E-state index >= 15 is 0 Å². The van der Waals surface area contributed by atoms with E-state index in [1.165, 1.54) is 43.1 Å². The van der Waals surface area contributed by atoms with Crippen LogP contribution in [0.15, 0.2) is 72.8 Å². The zero-order chi connectivity index (χ0) is 19.5. The molecule has 0 aliphatic rings. The van der Waals surface area contributed by atoms with Crippen molar-refractivity contribution in [2.75, 3.05) is 13.2 Å². The van der Waals surface area contributed by atoms with E-state index in [0.717, 1.165) is 13.2 Å². The van der Waals surface area contributed by atoms with E-state index in [2.05, 4.69) is 72.8 Å². The molecule has 28 heavy (non-hydrogen) atoms. The molecular weight excluding hydrogens is 344 g/mol. The summed E-state index contributed by atoms with van der Waals surface area (Å²) in [4.78, 5) is 0. The van der Waals surface area contributed by atoms with Crippen molar-refractivity contribution >= 4 is 43.1 Å². The molecule has 0 saturated heterocycles. The van der Waals surface area contributed by atoms with Gasteiger partial charge in [0, 0.05) is 13.2 Å². The molecule has 5 rings (SSSR count). The third-order valence-corrected chi connectivity index (χ3v) is 5.19. The molecule has 0 radical (unpaired) electrons. The lowest BCUT2D eigenvalue weighted by Crippen LogP contribution is -2.11. The van der Waals surface area contributed by atoms with Crippen molar-refractivity contribution in [1.29, 1.82) is 0 Å². The van der Waals surface area contributed by atoms with Gasteiger partial charge in [0.05, 0.1) is 0 Å². The molecule has 0 atom stereocenters. The van der Waals surface area contributed by atoms with Crippen molar-refractivity contribution in [2.24, 2.45) is 0 Å². The number of hydrogen-bond donors (Lipinski definition) is 0. The molecule has 0 saturated carbocycles.